The minimum atomic E-state index is -4.42. The molecule has 1 N–H and O–H groups in total. The van der Waals surface area contributed by atoms with Gasteiger partial charge in [0.2, 0.25) is 5.76 Å². The summed E-state index contributed by atoms with van der Waals surface area (Å²) in [6, 6.07) is 6.51. The topological polar surface area (TPSA) is 55.4 Å². The second kappa shape index (κ2) is 5.45. The van der Waals surface area contributed by atoms with Crippen molar-refractivity contribution in [2.24, 2.45) is 0 Å². The first kappa shape index (κ1) is 15.7. The second-order valence-corrected chi connectivity index (χ2v) is 5.76. The number of alkyl halides is 3. The fourth-order valence-electron chi connectivity index (χ4n) is 2.34. The summed E-state index contributed by atoms with van der Waals surface area (Å²) in [5.74, 6) is -0.966. The van der Waals surface area contributed by atoms with Crippen molar-refractivity contribution in [3.63, 3.8) is 0 Å². The smallest absolute Gasteiger partial charge is 0.416 e. The van der Waals surface area contributed by atoms with Crippen LogP contribution in [0.25, 0.3) is 10.9 Å². The summed E-state index contributed by atoms with van der Waals surface area (Å²) in [5.41, 5.74) is -0.160. The van der Waals surface area contributed by atoms with Crippen LogP contribution in [-0.2, 0) is 12.7 Å². The summed E-state index contributed by atoms with van der Waals surface area (Å²) in [6.07, 6.45) is -2.80. The molecule has 0 spiro atoms. The highest BCUT2D eigenvalue weighted by molar-refractivity contribution is 9.10. The number of hydrogen-bond acceptors (Lipinski definition) is 2. The highest BCUT2D eigenvalue weighted by Gasteiger charge is 2.31. The van der Waals surface area contributed by atoms with Gasteiger partial charge in [-0.2, -0.15) is 13.2 Å². The predicted molar refractivity (Wildman–Crippen MR) is 79.4 cm³/mol. The number of carboxylic acid groups (broad SMARTS) is 1. The molecule has 3 aromatic rings. The molecule has 0 fully saturated rings. The van der Waals surface area contributed by atoms with E-state index in [2.05, 4.69) is 15.9 Å². The van der Waals surface area contributed by atoms with Crippen LogP contribution in [0, 0.1) is 0 Å². The van der Waals surface area contributed by atoms with E-state index in [0.717, 1.165) is 12.1 Å². The van der Waals surface area contributed by atoms with Crippen LogP contribution < -0.4 is 0 Å². The van der Waals surface area contributed by atoms with E-state index in [1.165, 1.54) is 12.1 Å². The highest BCUT2D eigenvalue weighted by Crippen LogP contribution is 2.35. The van der Waals surface area contributed by atoms with Gasteiger partial charge in [-0.25, -0.2) is 4.79 Å². The van der Waals surface area contributed by atoms with E-state index < -0.39 is 17.7 Å². The lowest BCUT2D eigenvalue weighted by Gasteiger charge is -2.10. The Morgan fingerprint density at radius 2 is 2.00 bits per heavy atom. The van der Waals surface area contributed by atoms with E-state index in [0.29, 0.717) is 21.1 Å². The fourth-order valence-corrected chi connectivity index (χ4v) is 3.04. The van der Waals surface area contributed by atoms with Crippen molar-refractivity contribution in [2.75, 3.05) is 0 Å². The molecule has 0 amide bonds. The molecule has 2 heterocycles. The van der Waals surface area contributed by atoms with E-state index in [1.54, 1.807) is 16.8 Å². The Balaban J connectivity index is 2.00. The first-order valence-electron chi connectivity index (χ1n) is 6.43. The van der Waals surface area contributed by atoms with E-state index in [9.17, 15) is 18.0 Å². The highest BCUT2D eigenvalue weighted by atomic mass is 79.9. The summed E-state index contributed by atoms with van der Waals surface area (Å²) in [5, 5.41) is 9.26. The Morgan fingerprint density at radius 3 is 2.61 bits per heavy atom. The summed E-state index contributed by atoms with van der Waals surface area (Å²) in [4.78, 5) is 10.8. The van der Waals surface area contributed by atoms with E-state index in [1.807, 2.05) is 0 Å². The third-order valence-corrected chi connectivity index (χ3v) is 3.94. The van der Waals surface area contributed by atoms with Gasteiger partial charge in [-0.1, -0.05) is 0 Å². The first-order chi connectivity index (χ1) is 10.8. The van der Waals surface area contributed by atoms with Gasteiger partial charge in [-0.3, -0.25) is 0 Å². The molecule has 3 rings (SSSR count). The molecule has 0 aliphatic rings. The predicted octanol–water partition coefficient (Wildman–Crippen LogP) is 4.76. The van der Waals surface area contributed by atoms with Crippen molar-refractivity contribution in [2.45, 2.75) is 12.7 Å². The lowest BCUT2D eigenvalue weighted by atomic mass is 10.1. The van der Waals surface area contributed by atoms with Crippen molar-refractivity contribution in [3.05, 3.63) is 58.1 Å². The monoisotopic (exact) mass is 387 g/mol. The molecule has 0 saturated heterocycles. The number of aromatic carboxylic acids is 1. The Bertz CT molecular complexity index is 895. The quantitative estimate of drug-likeness (QED) is 0.704. The standard InChI is InChI=1S/C15H9BrF3NO3/c16-11-6-9(15(17,18)19)5-8-3-4-20(13(8)11)7-10-1-2-12(23-10)14(21)22/h1-6H,7H2,(H,21,22). The summed E-state index contributed by atoms with van der Waals surface area (Å²) in [6.45, 7) is 0.209. The maximum absolute atomic E-state index is 12.8. The van der Waals surface area contributed by atoms with Gasteiger partial charge in [-0.15, -0.1) is 0 Å². The van der Waals surface area contributed by atoms with Crippen LogP contribution in [0.4, 0.5) is 13.2 Å². The molecule has 4 nitrogen and oxygen atoms in total. The van der Waals surface area contributed by atoms with Crippen LogP contribution in [0.2, 0.25) is 0 Å². The zero-order chi connectivity index (χ0) is 16.8. The number of aromatic nitrogens is 1. The number of hydrogen-bond donors (Lipinski definition) is 1. The lowest BCUT2D eigenvalue weighted by Crippen LogP contribution is -2.05. The number of carboxylic acids is 1. The van der Waals surface area contributed by atoms with Crippen LogP contribution >= 0.6 is 15.9 Å². The van der Waals surface area contributed by atoms with Crippen LogP contribution in [0.5, 0.6) is 0 Å². The Labute approximate surface area is 136 Å². The van der Waals surface area contributed by atoms with E-state index in [-0.39, 0.29) is 12.3 Å². The molecular formula is C15H9BrF3NO3. The molecule has 0 atom stereocenters. The van der Waals surface area contributed by atoms with Crippen molar-refractivity contribution in [3.8, 4) is 0 Å². The number of fused-ring (bicyclic) bond motifs is 1. The fraction of sp³-hybridized carbons (Fsp3) is 0.133. The summed E-state index contributed by atoms with van der Waals surface area (Å²) >= 11 is 3.17. The number of rotatable bonds is 3. The molecule has 0 aliphatic carbocycles. The summed E-state index contributed by atoms with van der Waals surface area (Å²) < 4.78 is 45.6. The minimum absolute atomic E-state index is 0.185. The van der Waals surface area contributed by atoms with Gasteiger partial charge in [0.1, 0.15) is 5.76 Å². The number of furan rings is 1. The molecule has 2 aromatic heterocycles. The number of benzene rings is 1. The van der Waals surface area contributed by atoms with Gasteiger partial charge in [0.25, 0.3) is 0 Å². The largest absolute Gasteiger partial charge is 0.475 e. The maximum atomic E-state index is 12.8. The van der Waals surface area contributed by atoms with Crippen LogP contribution in [0.3, 0.4) is 0 Å². The molecule has 0 radical (unpaired) electrons. The van der Waals surface area contributed by atoms with Crippen LogP contribution in [-0.4, -0.2) is 15.6 Å². The van der Waals surface area contributed by atoms with E-state index >= 15 is 0 Å². The van der Waals surface area contributed by atoms with Crippen molar-refractivity contribution >= 4 is 32.8 Å². The third kappa shape index (κ3) is 2.98. The lowest BCUT2D eigenvalue weighted by molar-refractivity contribution is -0.137. The molecule has 0 saturated carbocycles. The average Bonchev–Trinajstić information content (AvgIpc) is 3.06. The maximum Gasteiger partial charge on any atom is 0.416 e. The molecule has 0 aliphatic heterocycles. The second-order valence-electron chi connectivity index (χ2n) is 4.91. The Kier molecular flexibility index (Phi) is 3.71. The molecule has 120 valence electrons. The molecule has 0 unspecified atom stereocenters. The Morgan fingerprint density at radius 1 is 1.26 bits per heavy atom. The SMILES string of the molecule is O=C(O)c1ccc(Cn2ccc3cc(C(F)(F)F)cc(Br)c32)o1. The van der Waals surface area contributed by atoms with Gasteiger partial charge < -0.3 is 14.1 Å². The van der Waals surface area contributed by atoms with Crippen molar-refractivity contribution in [1.29, 1.82) is 0 Å². The third-order valence-electron chi connectivity index (χ3n) is 3.34. The van der Waals surface area contributed by atoms with E-state index in [4.69, 9.17) is 9.52 Å². The van der Waals surface area contributed by atoms with Gasteiger partial charge >= 0.3 is 12.1 Å². The van der Waals surface area contributed by atoms with Crippen LogP contribution in [0.15, 0.2) is 45.4 Å². The average molecular weight is 388 g/mol. The normalized spacial score (nSPS) is 12.0. The molecule has 23 heavy (non-hydrogen) atoms. The minimum Gasteiger partial charge on any atom is -0.475 e. The van der Waals surface area contributed by atoms with Gasteiger partial charge in [0.15, 0.2) is 0 Å². The van der Waals surface area contributed by atoms with Crippen LogP contribution in [0.1, 0.15) is 21.9 Å². The zero-order valence-electron chi connectivity index (χ0n) is 11.4. The van der Waals surface area contributed by atoms with Gasteiger partial charge in [0.05, 0.1) is 17.6 Å². The van der Waals surface area contributed by atoms with Crippen molar-refractivity contribution in [1.82, 2.24) is 4.57 Å². The molecule has 0 bridgehead atoms. The Hall–Kier alpha value is -2.22. The molecule has 1 aromatic carbocycles. The van der Waals surface area contributed by atoms with Gasteiger partial charge in [-0.05, 0) is 46.3 Å². The van der Waals surface area contributed by atoms with Gasteiger partial charge in [0, 0.05) is 16.1 Å². The molecular weight excluding hydrogens is 379 g/mol. The number of carbonyl (C=O) groups is 1. The van der Waals surface area contributed by atoms with Crippen molar-refractivity contribution < 1.29 is 27.5 Å². The zero-order valence-corrected chi connectivity index (χ0v) is 13.0. The molecule has 8 heteroatoms. The number of halogens is 4. The summed E-state index contributed by atoms with van der Waals surface area (Å²) in [7, 11) is 0. The first-order valence-corrected chi connectivity index (χ1v) is 7.22. The number of nitrogens with zero attached hydrogens (tertiary/aromatic N) is 1.